The first-order chi connectivity index (χ1) is 8.34. The average Bonchev–Trinajstić information content (AvgIpc) is 2.99. The van der Waals surface area contributed by atoms with Crippen LogP contribution in [0.15, 0.2) is 47.2 Å². The van der Waals surface area contributed by atoms with Gasteiger partial charge in [0.2, 0.25) is 0 Å². The molecule has 2 N–H and O–H groups in total. The fraction of sp³-hybridized carbons (Fsp3) is 0. The molecule has 0 spiro atoms. The smallest absolute Gasteiger partial charge is 0.255 e. The van der Waals surface area contributed by atoms with Gasteiger partial charge in [0.1, 0.15) is 17.0 Å². The van der Waals surface area contributed by atoms with Crippen LogP contribution in [0.3, 0.4) is 0 Å². The summed E-state index contributed by atoms with van der Waals surface area (Å²) in [6.45, 7) is 0. The zero-order valence-electron chi connectivity index (χ0n) is 8.83. The van der Waals surface area contributed by atoms with Crippen LogP contribution >= 0.6 is 11.3 Å². The Hall–Kier alpha value is -2.14. The largest absolute Gasteiger partial charge is 0.443 e. The molecule has 0 aliphatic heterocycles. The van der Waals surface area contributed by atoms with Gasteiger partial charge in [0.25, 0.3) is 5.89 Å². The zero-order valence-corrected chi connectivity index (χ0v) is 9.65. The summed E-state index contributed by atoms with van der Waals surface area (Å²) >= 11 is 1.38. The van der Waals surface area contributed by atoms with Gasteiger partial charge in [-0.15, -0.1) is 0 Å². The van der Waals surface area contributed by atoms with Crippen LogP contribution in [-0.4, -0.2) is 9.97 Å². The van der Waals surface area contributed by atoms with Gasteiger partial charge < -0.3 is 10.2 Å². The summed E-state index contributed by atoms with van der Waals surface area (Å²) in [4.78, 5) is 8.52. The molecule has 0 fully saturated rings. The van der Waals surface area contributed by atoms with E-state index in [1.165, 1.54) is 17.6 Å². The fourth-order valence-corrected chi connectivity index (χ4v) is 2.35. The molecule has 0 radical (unpaired) electrons. The van der Waals surface area contributed by atoms with Crippen LogP contribution in [-0.2, 0) is 0 Å². The summed E-state index contributed by atoms with van der Waals surface area (Å²) in [5, 5.41) is 1.37. The molecule has 0 aliphatic rings. The predicted octanol–water partition coefficient (Wildman–Crippen LogP) is 3.05. The lowest BCUT2D eigenvalue weighted by molar-refractivity contribution is 0.574. The number of oxazole rings is 1. The van der Waals surface area contributed by atoms with Gasteiger partial charge in [-0.2, -0.15) is 0 Å². The van der Waals surface area contributed by atoms with Crippen LogP contribution in [0.4, 0.5) is 5.00 Å². The van der Waals surface area contributed by atoms with Crippen LogP contribution in [0, 0.1) is 0 Å². The van der Waals surface area contributed by atoms with Crippen molar-refractivity contribution in [3.05, 3.63) is 42.8 Å². The third-order valence-corrected chi connectivity index (χ3v) is 3.19. The molecule has 0 saturated heterocycles. The van der Waals surface area contributed by atoms with E-state index in [2.05, 4.69) is 9.97 Å². The van der Waals surface area contributed by atoms with E-state index in [1.54, 1.807) is 6.20 Å². The van der Waals surface area contributed by atoms with Gasteiger partial charge in [-0.25, -0.2) is 9.97 Å². The third-order valence-electron chi connectivity index (χ3n) is 2.32. The first kappa shape index (κ1) is 10.0. The van der Waals surface area contributed by atoms with Crippen LogP contribution in [0.5, 0.6) is 0 Å². The van der Waals surface area contributed by atoms with E-state index in [9.17, 15) is 0 Å². The minimum Gasteiger partial charge on any atom is -0.443 e. The fourth-order valence-electron chi connectivity index (χ4n) is 1.56. The average molecular weight is 243 g/mol. The number of benzene rings is 1. The standard InChI is InChI=1S/C12H9N3OS/c13-10-9(8-4-2-1-3-5-8)15-12(17-10)11-14-6-7-16-11/h1-7H,13H2. The number of hydrogen-bond donors (Lipinski definition) is 1. The predicted molar refractivity (Wildman–Crippen MR) is 67.5 cm³/mol. The highest BCUT2D eigenvalue weighted by Crippen LogP contribution is 2.34. The first-order valence-corrected chi connectivity index (χ1v) is 5.88. The summed E-state index contributed by atoms with van der Waals surface area (Å²) in [6.07, 6.45) is 3.12. The minimum atomic E-state index is 0.504. The van der Waals surface area contributed by atoms with Crippen molar-refractivity contribution in [1.29, 1.82) is 0 Å². The number of nitrogens with zero attached hydrogens (tertiary/aromatic N) is 2. The van der Waals surface area contributed by atoms with Gasteiger partial charge >= 0.3 is 0 Å². The molecule has 3 aromatic rings. The Balaban J connectivity index is 2.08. The van der Waals surface area contributed by atoms with Gasteiger partial charge in [0.05, 0.1) is 6.20 Å². The summed E-state index contributed by atoms with van der Waals surface area (Å²) in [6, 6.07) is 9.83. The van der Waals surface area contributed by atoms with Gasteiger partial charge in [-0.3, -0.25) is 0 Å². The number of anilines is 1. The van der Waals surface area contributed by atoms with Gasteiger partial charge in [-0.05, 0) is 0 Å². The lowest BCUT2D eigenvalue weighted by Gasteiger charge is -1.96. The van der Waals surface area contributed by atoms with Crippen molar-refractivity contribution in [2.45, 2.75) is 0 Å². The Morgan fingerprint density at radius 2 is 2.00 bits per heavy atom. The second-order valence-electron chi connectivity index (χ2n) is 3.44. The molecule has 0 bridgehead atoms. The normalized spacial score (nSPS) is 10.6. The lowest BCUT2D eigenvalue weighted by Crippen LogP contribution is -1.85. The van der Waals surface area contributed by atoms with Gasteiger partial charge in [0, 0.05) is 5.56 Å². The second kappa shape index (κ2) is 4.03. The maximum atomic E-state index is 5.97. The molecule has 2 aromatic heterocycles. The Morgan fingerprint density at radius 3 is 2.71 bits per heavy atom. The Kier molecular flexibility index (Phi) is 2.38. The lowest BCUT2D eigenvalue weighted by atomic mass is 10.2. The maximum Gasteiger partial charge on any atom is 0.255 e. The molecule has 0 aliphatic carbocycles. The Morgan fingerprint density at radius 1 is 1.18 bits per heavy atom. The van der Waals surface area contributed by atoms with Crippen molar-refractivity contribution < 1.29 is 4.42 Å². The van der Waals surface area contributed by atoms with Crippen molar-refractivity contribution >= 4 is 16.3 Å². The molecular formula is C12H9N3OS. The quantitative estimate of drug-likeness (QED) is 0.751. The van der Waals surface area contributed by atoms with E-state index in [0.717, 1.165) is 11.3 Å². The van der Waals surface area contributed by atoms with Crippen LogP contribution in [0.25, 0.3) is 22.2 Å². The van der Waals surface area contributed by atoms with Crippen molar-refractivity contribution in [2.24, 2.45) is 0 Å². The molecule has 3 rings (SSSR count). The van der Waals surface area contributed by atoms with E-state index < -0.39 is 0 Å². The van der Waals surface area contributed by atoms with E-state index in [1.807, 2.05) is 30.3 Å². The monoisotopic (exact) mass is 243 g/mol. The first-order valence-electron chi connectivity index (χ1n) is 5.06. The van der Waals surface area contributed by atoms with Crippen LogP contribution in [0.2, 0.25) is 0 Å². The SMILES string of the molecule is Nc1sc(-c2ncco2)nc1-c1ccccc1. The number of nitrogens with two attached hydrogens (primary N) is 1. The topological polar surface area (TPSA) is 64.9 Å². The van der Waals surface area contributed by atoms with Crippen molar-refractivity contribution in [2.75, 3.05) is 5.73 Å². The van der Waals surface area contributed by atoms with Crippen molar-refractivity contribution in [1.82, 2.24) is 9.97 Å². The molecule has 1 aromatic carbocycles. The molecule has 0 amide bonds. The van der Waals surface area contributed by atoms with Crippen LogP contribution in [0.1, 0.15) is 0 Å². The van der Waals surface area contributed by atoms with E-state index in [0.29, 0.717) is 15.9 Å². The molecule has 2 heterocycles. The maximum absolute atomic E-state index is 5.97. The molecular weight excluding hydrogens is 234 g/mol. The number of aromatic nitrogens is 2. The van der Waals surface area contributed by atoms with Gasteiger partial charge in [-0.1, -0.05) is 41.7 Å². The summed E-state index contributed by atoms with van der Waals surface area (Å²) in [5.74, 6) is 0.504. The molecule has 4 nitrogen and oxygen atoms in total. The van der Waals surface area contributed by atoms with E-state index in [-0.39, 0.29) is 0 Å². The van der Waals surface area contributed by atoms with Gasteiger partial charge in [0.15, 0.2) is 5.01 Å². The Labute approximate surface area is 102 Å². The molecule has 0 saturated carbocycles. The second-order valence-corrected chi connectivity index (χ2v) is 4.47. The molecule has 0 atom stereocenters. The van der Waals surface area contributed by atoms with E-state index in [4.69, 9.17) is 10.2 Å². The van der Waals surface area contributed by atoms with Crippen LogP contribution < -0.4 is 5.73 Å². The minimum absolute atomic E-state index is 0.504. The molecule has 84 valence electrons. The Bertz CT molecular complexity index is 617. The number of rotatable bonds is 2. The summed E-state index contributed by atoms with van der Waals surface area (Å²) in [7, 11) is 0. The summed E-state index contributed by atoms with van der Waals surface area (Å²) in [5.41, 5.74) is 7.75. The van der Waals surface area contributed by atoms with E-state index >= 15 is 0 Å². The third kappa shape index (κ3) is 1.81. The number of hydrogen-bond acceptors (Lipinski definition) is 5. The molecule has 0 unspecified atom stereocenters. The van der Waals surface area contributed by atoms with Crippen molar-refractivity contribution in [3.63, 3.8) is 0 Å². The van der Waals surface area contributed by atoms with Crippen molar-refractivity contribution in [3.8, 4) is 22.2 Å². The number of nitrogen functional groups attached to an aromatic ring is 1. The highest BCUT2D eigenvalue weighted by atomic mass is 32.1. The zero-order chi connectivity index (χ0) is 11.7. The molecule has 5 heteroatoms. The highest BCUT2D eigenvalue weighted by Gasteiger charge is 2.14. The summed E-state index contributed by atoms with van der Waals surface area (Å²) < 4.78 is 5.20. The highest BCUT2D eigenvalue weighted by molar-refractivity contribution is 7.19. The molecule has 17 heavy (non-hydrogen) atoms. The number of thiazole rings is 1.